The van der Waals surface area contributed by atoms with E-state index in [0.717, 1.165) is 34.2 Å². The number of nitrogens with one attached hydrogen (secondary N) is 2. The maximum absolute atomic E-state index is 13.2. The first-order valence-corrected chi connectivity index (χ1v) is 9.61. The number of fused-ring (bicyclic) bond motifs is 2. The first-order valence-electron chi connectivity index (χ1n) is 8.82. The van der Waals surface area contributed by atoms with Crippen LogP contribution >= 0.6 is 15.9 Å². The summed E-state index contributed by atoms with van der Waals surface area (Å²) in [5, 5.41) is 11.5. The second-order valence-corrected chi connectivity index (χ2v) is 8.43. The van der Waals surface area contributed by atoms with Gasteiger partial charge in [0.1, 0.15) is 11.9 Å². The van der Waals surface area contributed by atoms with E-state index in [1.807, 2.05) is 36.9 Å². The molecule has 1 aliphatic carbocycles. The van der Waals surface area contributed by atoms with E-state index in [2.05, 4.69) is 31.2 Å². The smallest absolute Gasteiger partial charge is 0.405 e. The Morgan fingerprint density at radius 2 is 2.15 bits per heavy atom. The summed E-state index contributed by atoms with van der Waals surface area (Å²) in [7, 11) is 0. The van der Waals surface area contributed by atoms with Gasteiger partial charge in [0.15, 0.2) is 0 Å². The largest absolute Gasteiger partial charge is 0.465 e. The predicted octanol–water partition coefficient (Wildman–Crippen LogP) is 3.28. The molecule has 1 aliphatic heterocycles. The Balaban J connectivity index is 1.65. The first-order chi connectivity index (χ1) is 12.3. The molecule has 4 atom stereocenters. The van der Waals surface area contributed by atoms with Crippen LogP contribution < -0.4 is 5.32 Å². The summed E-state index contributed by atoms with van der Waals surface area (Å²) in [6, 6.07) is 5.17. The highest BCUT2D eigenvalue weighted by Crippen LogP contribution is 2.53. The lowest BCUT2D eigenvalue weighted by atomic mass is 10.0. The average molecular weight is 421 g/mol. The fraction of sp³-hybridized carbons (Fsp3) is 0.500. The zero-order valence-corrected chi connectivity index (χ0v) is 16.2. The second kappa shape index (κ2) is 6.26. The fourth-order valence-electron chi connectivity index (χ4n) is 3.98. The van der Waals surface area contributed by atoms with Gasteiger partial charge in [-0.2, -0.15) is 0 Å². The van der Waals surface area contributed by atoms with Gasteiger partial charge in [-0.3, -0.25) is 4.79 Å². The van der Waals surface area contributed by atoms with Crippen molar-refractivity contribution in [3.63, 3.8) is 0 Å². The highest BCUT2D eigenvalue weighted by atomic mass is 79.9. The molecule has 138 valence electrons. The summed E-state index contributed by atoms with van der Waals surface area (Å²) in [4.78, 5) is 34.2. The van der Waals surface area contributed by atoms with Crippen LogP contribution in [0.3, 0.4) is 0 Å². The summed E-state index contributed by atoms with van der Waals surface area (Å²) in [5.41, 5.74) is 1.78. The van der Waals surface area contributed by atoms with E-state index < -0.39 is 12.1 Å². The van der Waals surface area contributed by atoms with Crippen LogP contribution in [-0.2, 0) is 4.79 Å². The number of benzene rings is 1. The molecule has 1 saturated carbocycles. The van der Waals surface area contributed by atoms with Crippen LogP contribution in [0.1, 0.15) is 38.6 Å². The number of likely N-dealkylation sites (tertiary alicyclic amines) is 1. The van der Waals surface area contributed by atoms with E-state index in [-0.39, 0.29) is 23.9 Å². The third-order valence-corrected chi connectivity index (χ3v) is 5.84. The molecule has 26 heavy (non-hydrogen) atoms. The van der Waals surface area contributed by atoms with Gasteiger partial charge in [0.25, 0.3) is 0 Å². The number of piperidine rings is 1. The third-order valence-electron chi connectivity index (χ3n) is 5.35. The Morgan fingerprint density at radius 3 is 2.85 bits per heavy atom. The number of halogens is 1. The Morgan fingerprint density at radius 1 is 1.38 bits per heavy atom. The van der Waals surface area contributed by atoms with Gasteiger partial charge in [-0.05, 0) is 42.9 Å². The van der Waals surface area contributed by atoms with Crippen LogP contribution in [-0.4, -0.2) is 44.1 Å². The highest BCUT2D eigenvalue weighted by molar-refractivity contribution is 9.10. The zero-order chi connectivity index (χ0) is 18.6. The lowest BCUT2D eigenvalue weighted by molar-refractivity contribution is -0.136. The summed E-state index contributed by atoms with van der Waals surface area (Å²) in [6.07, 6.45) is 0.690. The lowest BCUT2D eigenvalue weighted by Gasteiger charge is -2.31. The molecule has 8 heteroatoms. The number of H-pyrrole nitrogens is 1. The molecule has 0 bridgehead atoms. The number of imidazole rings is 1. The number of hydrogen-bond donors (Lipinski definition) is 3. The number of aromatic amines is 1. The standard InChI is InChI=1S/C18H21BrN4O3/c1-8(2)15(22-18(25)26)17(24)23-13-5-9(13)6-14(23)16-20-11-4-3-10(19)7-12(11)21-16/h3-4,7-9,13-15,22H,5-6H2,1-2H3,(H,20,21)(H,25,26)/t9?,13?,14-,15-/m0/s1. The number of nitrogens with zero attached hydrogens (tertiary/aromatic N) is 2. The van der Waals surface area contributed by atoms with Crippen molar-refractivity contribution in [2.45, 2.75) is 44.8 Å². The third kappa shape index (κ3) is 2.96. The zero-order valence-electron chi connectivity index (χ0n) is 14.6. The van der Waals surface area contributed by atoms with Crippen molar-refractivity contribution < 1.29 is 14.7 Å². The van der Waals surface area contributed by atoms with Crippen molar-refractivity contribution >= 4 is 39.0 Å². The molecule has 2 aromatic rings. The number of hydrogen-bond acceptors (Lipinski definition) is 3. The van der Waals surface area contributed by atoms with Crippen LogP contribution in [0.4, 0.5) is 4.79 Å². The van der Waals surface area contributed by atoms with Gasteiger partial charge in [0, 0.05) is 10.5 Å². The van der Waals surface area contributed by atoms with Gasteiger partial charge in [-0.25, -0.2) is 9.78 Å². The molecule has 3 N–H and O–H groups in total. The molecule has 1 aromatic carbocycles. The van der Waals surface area contributed by atoms with Gasteiger partial charge in [0.05, 0.1) is 17.1 Å². The van der Waals surface area contributed by atoms with Gasteiger partial charge in [-0.1, -0.05) is 29.8 Å². The molecule has 1 aromatic heterocycles. The first kappa shape index (κ1) is 17.3. The Labute approximate surface area is 159 Å². The number of carbonyl (C=O) groups is 2. The molecule has 2 aliphatic rings. The van der Waals surface area contributed by atoms with E-state index >= 15 is 0 Å². The lowest BCUT2D eigenvalue weighted by Crippen LogP contribution is -2.51. The molecule has 0 radical (unpaired) electrons. The topological polar surface area (TPSA) is 98.3 Å². The highest BCUT2D eigenvalue weighted by Gasteiger charge is 2.56. The molecular weight excluding hydrogens is 400 g/mol. The van der Waals surface area contributed by atoms with Crippen molar-refractivity contribution in [1.82, 2.24) is 20.2 Å². The molecule has 4 rings (SSSR count). The van der Waals surface area contributed by atoms with Crippen LogP contribution in [0.15, 0.2) is 22.7 Å². The SMILES string of the molecule is CC(C)[C@H](NC(=O)O)C(=O)N1C2CC2C[C@H]1c1nc2ccc(Br)cc2[nH]1. The Hall–Kier alpha value is -2.09. The normalized spacial score (nSPS) is 25.4. The summed E-state index contributed by atoms with van der Waals surface area (Å²) in [5.74, 6) is 0.987. The number of aromatic nitrogens is 2. The van der Waals surface area contributed by atoms with Crippen LogP contribution in [0.2, 0.25) is 0 Å². The average Bonchev–Trinajstić information content (AvgIpc) is 3.03. The predicted molar refractivity (Wildman–Crippen MR) is 99.7 cm³/mol. The number of carboxylic acid groups (broad SMARTS) is 1. The molecule has 2 heterocycles. The minimum absolute atomic E-state index is 0.122. The monoisotopic (exact) mass is 420 g/mol. The summed E-state index contributed by atoms with van der Waals surface area (Å²) >= 11 is 3.46. The molecule has 1 saturated heterocycles. The fourth-order valence-corrected chi connectivity index (χ4v) is 4.35. The summed E-state index contributed by atoms with van der Waals surface area (Å²) in [6.45, 7) is 3.71. The van der Waals surface area contributed by atoms with Crippen LogP contribution in [0, 0.1) is 11.8 Å². The molecule has 2 fully saturated rings. The summed E-state index contributed by atoms with van der Waals surface area (Å²) < 4.78 is 0.966. The maximum atomic E-state index is 13.2. The van der Waals surface area contributed by atoms with E-state index in [1.54, 1.807) is 0 Å². The van der Waals surface area contributed by atoms with Gasteiger partial charge >= 0.3 is 6.09 Å². The quantitative estimate of drug-likeness (QED) is 0.706. The number of carbonyl (C=O) groups excluding carboxylic acids is 1. The minimum atomic E-state index is -1.17. The van der Waals surface area contributed by atoms with Crippen molar-refractivity contribution in [2.75, 3.05) is 0 Å². The molecule has 2 unspecified atom stereocenters. The molecule has 7 nitrogen and oxygen atoms in total. The van der Waals surface area contributed by atoms with Gasteiger partial charge in [0.2, 0.25) is 5.91 Å². The van der Waals surface area contributed by atoms with E-state index in [0.29, 0.717) is 5.92 Å². The molecular formula is C18H21BrN4O3. The van der Waals surface area contributed by atoms with Gasteiger partial charge < -0.3 is 20.3 Å². The number of amides is 2. The second-order valence-electron chi connectivity index (χ2n) is 7.51. The Kier molecular flexibility index (Phi) is 4.17. The maximum Gasteiger partial charge on any atom is 0.405 e. The molecule has 2 amide bonds. The van der Waals surface area contributed by atoms with Crippen molar-refractivity contribution in [1.29, 1.82) is 0 Å². The van der Waals surface area contributed by atoms with E-state index in [9.17, 15) is 9.59 Å². The minimum Gasteiger partial charge on any atom is -0.465 e. The van der Waals surface area contributed by atoms with Crippen molar-refractivity contribution in [2.24, 2.45) is 11.8 Å². The van der Waals surface area contributed by atoms with Gasteiger partial charge in [-0.15, -0.1) is 0 Å². The number of rotatable bonds is 4. The van der Waals surface area contributed by atoms with Crippen LogP contribution in [0.25, 0.3) is 11.0 Å². The molecule has 0 spiro atoms. The van der Waals surface area contributed by atoms with Crippen molar-refractivity contribution in [3.05, 3.63) is 28.5 Å². The Bertz CT molecular complexity index is 880. The van der Waals surface area contributed by atoms with E-state index in [4.69, 9.17) is 5.11 Å². The van der Waals surface area contributed by atoms with E-state index in [1.165, 1.54) is 0 Å². The van der Waals surface area contributed by atoms with Crippen LogP contribution in [0.5, 0.6) is 0 Å². The van der Waals surface area contributed by atoms with Crippen molar-refractivity contribution in [3.8, 4) is 0 Å².